The Kier molecular flexibility index (Phi) is 4.06. The molecule has 0 aliphatic carbocycles. The van der Waals surface area contributed by atoms with Crippen molar-refractivity contribution in [2.75, 3.05) is 18.6 Å². The van der Waals surface area contributed by atoms with Gasteiger partial charge in [-0.3, -0.25) is 4.79 Å². The van der Waals surface area contributed by atoms with Crippen LogP contribution in [0, 0.1) is 0 Å². The first-order valence-corrected chi connectivity index (χ1v) is 9.17. The van der Waals surface area contributed by atoms with E-state index >= 15 is 0 Å². The molecule has 2 aliphatic heterocycles. The van der Waals surface area contributed by atoms with Crippen molar-refractivity contribution in [3.05, 3.63) is 77.9 Å². The molecule has 1 N–H and O–H groups in total. The van der Waals surface area contributed by atoms with Gasteiger partial charge in [0.05, 0.1) is 13.7 Å². The zero-order valence-electron chi connectivity index (χ0n) is 15.9. The molecule has 1 atom stereocenters. The van der Waals surface area contributed by atoms with Gasteiger partial charge in [-0.25, -0.2) is 0 Å². The molecule has 2 aromatic rings. The summed E-state index contributed by atoms with van der Waals surface area (Å²) in [5.74, 6) is 0.889. The molecule has 2 heterocycles. The van der Waals surface area contributed by atoms with Crippen molar-refractivity contribution in [3.63, 3.8) is 0 Å². The number of carbonyl (C=O) groups is 1. The number of benzene rings is 2. The van der Waals surface area contributed by atoms with Crippen LogP contribution in [0.1, 0.15) is 25.0 Å². The van der Waals surface area contributed by atoms with E-state index in [-0.39, 0.29) is 11.3 Å². The van der Waals surface area contributed by atoms with Gasteiger partial charge >= 0.3 is 0 Å². The third-order valence-corrected chi connectivity index (χ3v) is 5.74. The lowest BCUT2D eigenvalue weighted by atomic mass is 9.75. The number of hydrogen-bond acceptors (Lipinski definition) is 3. The van der Waals surface area contributed by atoms with Crippen LogP contribution in [-0.2, 0) is 10.2 Å². The zero-order chi connectivity index (χ0) is 19.1. The Hall–Kier alpha value is -3.01. The number of amides is 1. The predicted molar refractivity (Wildman–Crippen MR) is 109 cm³/mol. The number of allylic oxidation sites excluding steroid dienone is 2. The Morgan fingerprint density at radius 2 is 1.81 bits per heavy atom. The Morgan fingerprint density at radius 1 is 1.07 bits per heavy atom. The van der Waals surface area contributed by atoms with Crippen LogP contribution in [0.2, 0.25) is 0 Å². The molecule has 2 aliphatic rings. The molecule has 2 aromatic carbocycles. The molecular weight excluding hydrogens is 336 g/mol. The van der Waals surface area contributed by atoms with E-state index in [1.54, 1.807) is 7.11 Å². The van der Waals surface area contributed by atoms with Gasteiger partial charge in [-0.15, -0.1) is 0 Å². The lowest BCUT2D eigenvalue weighted by Crippen LogP contribution is -2.58. The molecular formula is C23H24N2O2. The molecule has 0 spiro atoms. The molecule has 4 nitrogen and oxygen atoms in total. The summed E-state index contributed by atoms with van der Waals surface area (Å²) in [6.45, 7) is 4.75. The van der Waals surface area contributed by atoms with E-state index in [1.807, 2.05) is 48.6 Å². The van der Waals surface area contributed by atoms with Gasteiger partial charge in [-0.05, 0) is 23.8 Å². The Bertz CT molecular complexity index is 945. The van der Waals surface area contributed by atoms with E-state index in [0.29, 0.717) is 6.54 Å². The Balaban J connectivity index is 1.68. The van der Waals surface area contributed by atoms with Crippen molar-refractivity contribution in [2.45, 2.75) is 24.9 Å². The Morgan fingerprint density at radius 3 is 2.63 bits per heavy atom. The predicted octanol–water partition coefficient (Wildman–Crippen LogP) is 3.89. The van der Waals surface area contributed by atoms with E-state index < -0.39 is 5.66 Å². The maximum atomic E-state index is 12.3. The molecule has 4 heteroatoms. The molecule has 0 bridgehead atoms. The van der Waals surface area contributed by atoms with Gasteiger partial charge in [0, 0.05) is 16.7 Å². The average molecular weight is 360 g/mol. The summed E-state index contributed by atoms with van der Waals surface area (Å²) in [6, 6.07) is 16.2. The van der Waals surface area contributed by atoms with E-state index in [9.17, 15) is 4.79 Å². The normalized spacial score (nSPS) is 22.9. The van der Waals surface area contributed by atoms with Crippen molar-refractivity contribution >= 4 is 17.7 Å². The van der Waals surface area contributed by atoms with Crippen LogP contribution in [0.3, 0.4) is 0 Å². The zero-order valence-corrected chi connectivity index (χ0v) is 15.9. The lowest BCUT2D eigenvalue weighted by molar-refractivity contribution is -0.118. The summed E-state index contributed by atoms with van der Waals surface area (Å²) in [7, 11) is 1.67. The molecule has 1 saturated heterocycles. The largest absolute Gasteiger partial charge is 0.496 e. The standard InChI is InChI=1S/C23H24N2O2/c1-22(2)18-12-5-6-13-19(18)25-16-21(26)24-23(22,25)15-9-8-11-17-10-4-7-14-20(17)27-3/h4-15H,16H2,1-3H3,(H,24,26)/t23-/m1/s1. The number of para-hydroxylation sites is 2. The topological polar surface area (TPSA) is 41.6 Å². The maximum absolute atomic E-state index is 12.3. The average Bonchev–Trinajstić information content (AvgIpc) is 3.10. The first-order chi connectivity index (χ1) is 13.0. The number of rotatable bonds is 4. The number of carbonyl (C=O) groups excluding carboxylic acids is 1. The molecule has 1 fully saturated rings. The summed E-state index contributed by atoms with van der Waals surface area (Å²) in [4.78, 5) is 14.5. The first kappa shape index (κ1) is 17.4. The van der Waals surface area contributed by atoms with Gasteiger partial charge in [-0.1, -0.05) is 68.5 Å². The van der Waals surface area contributed by atoms with Gasteiger partial charge in [0.25, 0.3) is 0 Å². The van der Waals surface area contributed by atoms with Crippen LogP contribution in [0.25, 0.3) is 6.08 Å². The van der Waals surface area contributed by atoms with Gasteiger partial charge < -0.3 is 15.0 Å². The molecule has 4 rings (SSSR count). The summed E-state index contributed by atoms with van der Waals surface area (Å²) in [5, 5.41) is 3.23. The van der Waals surface area contributed by atoms with Crippen molar-refractivity contribution < 1.29 is 9.53 Å². The number of nitrogens with zero attached hydrogens (tertiary/aromatic N) is 1. The van der Waals surface area contributed by atoms with Gasteiger partial charge in [0.15, 0.2) is 0 Å². The van der Waals surface area contributed by atoms with Crippen LogP contribution in [0.15, 0.2) is 66.8 Å². The monoisotopic (exact) mass is 360 g/mol. The van der Waals surface area contributed by atoms with Crippen molar-refractivity contribution in [2.24, 2.45) is 0 Å². The molecule has 27 heavy (non-hydrogen) atoms. The second kappa shape index (κ2) is 6.31. The molecule has 138 valence electrons. The molecule has 0 saturated carbocycles. The molecule has 0 aromatic heterocycles. The van der Waals surface area contributed by atoms with E-state index in [2.05, 4.69) is 48.3 Å². The van der Waals surface area contributed by atoms with Crippen LogP contribution >= 0.6 is 0 Å². The van der Waals surface area contributed by atoms with Gasteiger partial charge in [0.2, 0.25) is 5.91 Å². The van der Waals surface area contributed by atoms with Gasteiger partial charge in [-0.2, -0.15) is 0 Å². The minimum absolute atomic E-state index is 0.0518. The highest BCUT2D eigenvalue weighted by Gasteiger charge is 2.59. The van der Waals surface area contributed by atoms with Crippen LogP contribution in [0.4, 0.5) is 5.69 Å². The number of nitrogens with one attached hydrogen (secondary N) is 1. The minimum atomic E-state index is -0.557. The third kappa shape index (κ3) is 2.55. The highest BCUT2D eigenvalue weighted by molar-refractivity contribution is 5.91. The first-order valence-electron chi connectivity index (χ1n) is 9.17. The highest BCUT2D eigenvalue weighted by atomic mass is 16.5. The second-order valence-corrected chi connectivity index (χ2v) is 7.50. The maximum Gasteiger partial charge on any atom is 0.241 e. The number of hydrogen-bond donors (Lipinski definition) is 1. The van der Waals surface area contributed by atoms with Crippen molar-refractivity contribution in [3.8, 4) is 5.75 Å². The van der Waals surface area contributed by atoms with Gasteiger partial charge in [0.1, 0.15) is 11.4 Å². The van der Waals surface area contributed by atoms with E-state index in [1.165, 1.54) is 5.56 Å². The highest BCUT2D eigenvalue weighted by Crippen LogP contribution is 2.52. The number of anilines is 1. The van der Waals surface area contributed by atoms with E-state index in [4.69, 9.17) is 4.74 Å². The summed E-state index contributed by atoms with van der Waals surface area (Å²) >= 11 is 0. The fourth-order valence-corrected chi connectivity index (χ4v) is 4.30. The number of ether oxygens (including phenoxy) is 1. The van der Waals surface area contributed by atoms with Crippen LogP contribution < -0.4 is 15.0 Å². The third-order valence-electron chi connectivity index (χ3n) is 5.74. The smallest absolute Gasteiger partial charge is 0.241 e. The fourth-order valence-electron chi connectivity index (χ4n) is 4.30. The van der Waals surface area contributed by atoms with Crippen LogP contribution in [-0.4, -0.2) is 25.2 Å². The Labute approximate surface area is 160 Å². The fraction of sp³-hybridized carbons (Fsp3) is 0.261. The summed E-state index contributed by atoms with van der Waals surface area (Å²) in [5.41, 5.74) is 2.59. The van der Waals surface area contributed by atoms with Crippen molar-refractivity contribution in [1.82, 2.24) is 5.32 Å². The molecule has 0 radical (unpaired) electrons. The summed E-state index contributed by atoms with van der Waals surface area (Å²) < 4.78 is 5.39. The lowest BCUT2D eigenvalue weighted by Gasteiger charge is -2.40. The van der Waals surface area contributed by atoms with Crippen LogP contribution in [0.5, 0.6) is 5.75 Å². The number of fused-ring (bicyclic) bond motifs is 3. The molecule has 0 unspecified atom stereocenters. The SMILES string of the molecule is COc1ccccc1C=CC=C[C@@]12NC(=O)CN1c1ccccc1C2(C)C. The van der Waals surface area contributed by atoms with Crippen molar-refractivity contribution in [1.29, 1.82) is 0 Å². The number of methoxy groups -OCH3 is 1. The van der Waals surface area contributed by atoms with E-state index in [0.717, 1.165) is 17.0 Å². The molecule has 1 amide bonds. The second-order valence-electron chi connectivity index (χ2n) is 7.50. The minimum Gasteiger partial charge on any atom is -0.496 e. The summed E-state index contributed by atoms with van der Waals surface area (Å²) in [6.07, 6.45) is 8.12. The quantitative estimate of drug-likeness (QED) is 0.841.